The maximum atomic E-state index is 14.0. The molecule has 0 heterocycles. The lowest BCUT2D eigenvalue weighted by atomic mass is 9.86. The number of halogens is 1. The van der Waals surface area contributed by atoms with Crippen molar-refractivity contribution in [2.45, 2.75) is 39.3 Å². The van der Waals surface area contributed by atoms with Crippen LogP contribution in [-0.2, 0) is 0 Å². The molecule has 0 aromatic heterocycles. The van der Waals surface area contributed by atoms with Gasteiger partial charge in [-0.25, -0.2) is 4.39 Å². The molecule has 1 unspecified atom stereocenters. The van der Waals surface area contributed by atoms with Gasteiger partial charge < -0.3 is 5.32 Å². The number of hydrogen-bond donors (Lipinski definition) is 1. The van der Waals surface area contributed by atoms with E-state index >= 15 is 0 Å². The Morgan fingerprint density at radius 3 is 2.22 bits per heavy atom. The first-order chi connectivity index (χ1) is 8.48. The zero-order valence-electron chi connectivity index (χ0n) is 12.1. The highest BCUT2D eigenvalue weighted by Crippen LogP contribution is 2.31. The fourth-order valence-corrected chi connectivity index (χ4v) is 2.82. The largest absolute Gasteiger partial charge is 0.311 e. The molecule has 0 fully saturated rings. The number of rotatable bonds is 6. The molecule has 18 heavy (non-hydrogen) atoms. The van der Waals surface area contributed by atoms with Crippen molar-refractivity contribution < 1.29 is 4.39 Å². The summed E-state index contributed by atoms with van der Waals surface area (Å²) >= 11 is 0. The minimum absolute atomic E-state index is 0.0291. The van der Waals surface area contributed by atoms with Gasteiger partial charge in [-0.15, -0.1) is 0 Å². The third kappa shape index (κ3) is 2.90. The van der Waals surface area contributed by atoms with E-state index in [-0.39, 0.29) is 17.4 Å². The first-order valence-corrected chi connectivity index (χ1v) is 6.65. The second kappa shape index (κ2) is 6.30. The van der Waals surface area contributed by atoms with Gasteiger partial charge in [0.25, 0.3) is 0 Å². The van der Waals surface area contributed by atoms with Crippen LogP contribution in [-0.4, -0.2) is 30.6 Å². The topological polar surface area (TPSA) is 15.3 Å². The molecule has 1 aromatic carbocycles. The van der Waals surface area contributed by atoms with Crippen LogP contribution in [0, 0.1) is 5.82 Å². The molecule has 0 radical (unpaired) electrons. The standard InChI is InChI=1S/C15H25FN2/c1-6-18(7-2)15(3,4)14(17-5)12-10-8-9-11-13(12)16/h8-11,14,17H,6-7H2,1-5H3. The predicted octanol–water partition coefficient (Wildman–Crippen LogP) is 3.21. The lowest BCUT2D eigenvalue weighted by Gasteiger charge is -2.43. The molecule has 0 amide bonds. The van der Waals surface area contributed by atoms with Gasteiger partial charge in [0.2, 0.25) is 0 Å². The minimum atomic E-state index is -0.142. The third-order valence-electron chi connectivity index (χ3n) is 3.79. The third-order valence-corrected chi connectivity index (χ3v) is 3.79. The zero-order chi connectivity index (χ0) is 13.8. The summed E-state index contributed by atoms with van der Waals surface area (Å²) in [5.41, 5.74) is 0.595. The lowest BCUT2D eigenvalue weighted by Crippen LogP contribution is -2.52. The minimum Gasteiger partial charge on any atom is -0.311 e. The lowest BCUT2D eigenvalue weighted by molar-refractivity contribution is 0.0929. The summed E-state index contributed by atoms with van der Waals surface area (Å²) in [6.07, 6.45) is 0. The van der Waals surface area contributed by atoms with Gasteiger partial charge in [0.15, 0.2) is 0 Å². The number of hydrogen-bond acceptors (Lipinski definition) is 2. The first-order valence-electron chi connectivity index (χ1n) is 6.65. The molecular formula is C15H25FN2. The highest BCUT2D eigenvalue weighted by Gasteiger charge is 2.35. The monoisotopic (exact) mass is 252 g/mol. The van der Waals surface area contributed by atoms with Crippen molar-refractivity contribution in [3.8, 4) is 0 Å². The van der Waals surface area contributed by atoms with Gasteiger partial charge in [-0.3, -0.25) is 4.90 Å². The Hall–Kier alpha value is -0.930. The van der Waals surface area contributed by atoms with E-state index in [0.717, 1.165) is 18.7 Å². The van der Waals surface area contributed by atoms with Crippen molar-refractivity contribution in [1.29, 1.82) is 0 Å². The van der Waals surface area contributed by atoms with E-state index in [1.807, 2.05) is 19.2 Å². The quantitative estimate of drug-likeness (QED) is 0.836. The molecule has 0 spiro atoms. The number of benzene rings is 1. The Morgan fingerprint density at radius 2 is 1.78 bits per heavy atom. The van der Waals surface area contributed by atoms with Crippen LogP contribution in [0.15, 0.2) is 24.3 Å². The van der Waals surface area contributed by atoms with Crippen LogP contribution < -0.4 is 5.32 Å². The molecule has 0 saturated heterocycles. The molecule has 1 N–H and O–H groups in total. The second-order valence-electron chi connectivity index (χ2n) is 5.07. The van der Waals surface area contributed by atoms with Gasteiger partial charge in [0.05, 0.1) is 6.04 Å². The molecule has 0 aliphatic rings. The first kappa shape index (κ1) is 15.1. The molecule has 1 atom stereocenters. The molecular weight excluding hydrogens is 227 g/mol. The Bertz CT molecular complexity index is 373. The number of nitrogens with one attached hydrogen (secondary N) is 1. The van der Waals surface area contributed by atoms with Crippen molar-refractivity contribution in [2.24, 2.45) is 0 Å². The number of nitrogens with zero attached hydrogens (tertiary/aromatic N) is 1. The SMILES string of the molecule is CCN(CC)C(C)(C)C(NC)c1ccccc1F. The average Bonchev–Trinajstić information content (AvgIpc) is 2.33. The van der Waals surface area contributed by atoms with E-state index < -0.39 is 0 Å². The maximum absolute atomic E-state index is 14.0. The predicted molar refractivity (Wildman–Crippen MR) is 75.2 cm³/mol. The van der Waals surface area contributed by atoms with Crippen LogP contribution in [0.25, 0.3) is 0 Å². The Labute approximate surface area is 110 Å². The van der Waals surface area contributed by atoms with E-state index in [0.29, 0.717) is 0 Å². The van der Waals surface area contributed by atoms with E-state index in [1.54, 1.807) is 6.07 Å². The van der Waals surface area contributed by atoms with Crippen LogP contribution in [0.2, 0.25) is 0 Å². The summed E-state index contributed by atoms with van der Waals surface area (Å²) in [6, 6.07) is 6.98. The zero-order valence-corrected chi connectivity index (χ0v) is 12.1. The van der Waals surface area contributed by atoms with Crippen molar-refractivity contribution in [3.63, 3.8) is 0 Å². The van der Waals surface area contributed by atoms with Crippen molar-refractivity contribution in [1.82, 2.24) is 10.2 Å². The summed E-state index contributed by atoms with van der Waals surface area (Å²) in [7, 11) is 1.89. The van der Waals surface area contributed by atoms with Crippen molar-refractivity contribution in [3.05, 3.63) is 35.6 Å². The van der Waals surface area contributed by atoms with Gasteiger partial charge >= 0.3 is 0 Å². The van der Waals surface area contributed by atoms with E-state index in [9.17, 15) is 4.39 Å². The Morgan fingerprint density at radius 1 is 1.22 bits per heavy atom. The van der Waals surface area contributed by atoms with E-state index in [2.05, 4.69) is 37.9 Å². The molecule has 0 aliphatic heterocycles. The van der Waals surface area contributed by atoms with Gasteiger partial charge in [-0.1, -0.05) is 32.0 Å². The van der Waals surface area contributed by atoms with Crippen LogP contribution >= 0.6 is 0 Å². The van der Waals surface area contributed by atoms with Crippen LogP contribution in [0.1, 0.15) is 39.3 Å². The summed E-state index contributed by atoms with van der Waals surface area (Å²) in [4.78, 5) is 2.35. The van der Waals surface area contributed by atoms with E-state index in [4.69, 9.17) is 0 Å². The molecule has 0 bridgehead atoms. The van der Waals surface area contributed by atoms with Crippen LogP contribution in [0.5, 0.6) is 0 Å². The van der Waals surface area contributed by atoms with E-state index in [1.165, 1.54) is 6.07 Å². The second-order valence-corrected chi connectivity index (χ2v) is 5.07. The summed E-state index contributed by atoms with van der Waals surface area (Å²) in [5, 5.41) is 3.27. The average molecular weight is 252 g/mol. The fourth-order valence-electron chi connectivity index (χ4n) is 2.82. The number of likely N-dealkylation sites (N-methyl/N-ethyl adjacent to an activating group) is 2. The van der Waals surface area contributed by atoms with Gasteiger partial charge in [0.1, 0.15) is 5.82 Å². The highest BCUT2D eigenvalue weighted by atomic mass is 19.1. The Kier molecular flexibility index (Phi) is 5.29. The van der Waals surface area contributed by atoms with Crippen LogP contribution in [0.4, 0.5) is 4.39 Å². The molecule has 0 aliphatic carbocycles. The summed E-state index contributed by atoms with van der Waals surface area (Å²) in [6.45, 7) is 10.5. The summed E-state index contributed by atoms with van der Waals surface area (Å²) < 4.78 is 14.0. The maximum Gasteiger partial charge on any atom is 0.128 e. The van der Waals surface area contributed by atoms with Crippen molar-refractivity contribution in [2.75, 3.05) is 20.1 Å². The van der Waals surface area contributed by atoms with Gasteiger partial charge in [-0.05, 0) is 40.1 Å². The summed E-state index contributed by atoms with van der Waals surface area (Å²) in [5.74, 6) is -0.142. The molecule has 1 rings (SSSR count). The van der Waals surface area contributed by atoms with Crippen LogP contribution in [0.3, 0.4) is 0 Å². The molecule has 2 nitrogen and oxygen atoms in total. The normalized spacial score (nSPS) is 13.9. The van der Waals surface area contributed by atoms with Crippen molar-refractivity contribution >= 4 is 0 Å². The molecule has 0 saturated carbocycles. The molecule has 102 valence electrons. The fraction of sp³-hybridized carbons (Fsp3) is 0.600. The van der Waals surface area contributed by atoms with Gasteiger partial charge in [0, 0.05) is 11.1 Å². The highest BCUT2D eigenvalue weighted by molar-refractivity contribution is 5.24. The smallest absolute Gasteiger partial charge is 0.128 e. The Balaban J connectivity index is 3.13. The molecule has 1 aromatic rings. The molecule has 3 heteroatoms. The van der Waals surface area contributed by atoms with Gasteiger partial charge in [-0.2, -0.15) is 0 Å².